The van der Waals surface area contributed by atoms with Crippen LogP contribution in [0.25, 0.3) is 5.69 Å². The molecule has 0 aliphatic carbocycles. The monoisotopic (exact) mass is 474 g/mol. The highest BCUT2D eigenvalue weighted by atomic mass is 32.2. The van der Waals surface area contributed by atoms with E-state index in [4.69, 9.17) is 18.9 Å². The first kappa shape index (κ1) is 24.2. The normalized spacial score (nSPS) is 11.7. The average molecular weight is 475 g/mol. The van der Waals surface area contributed by atoms with E-state index in [0.717, 1.165) is 11.4 Å². The summed E-state index contributed by atoms with van der Waals surface area (Å²) < 4.78 is 23.6. The van der Waals surface area contributed by atoms with E-state index in [9.17, 15) is 10.1 Å². The second-order valence-electron chi connectivity index (χ2n) is 6.87. The van der Waals surface area contributed by atoms with Gasteiger partial charge in [0.1, 0.15) is 16.8 Å². The molecule has 1 atom stereocenters. The Morgan fingerprint density at radius 2 is 1.70 bits per heavy atom. The second kappa shape index (κ2) is 10.9. The van der Waals surface area contributed by atoms with Crippen LogP contribution in [0.5, 0.6) is 23.0 Å². The third-order valence-electron chi connectivity index (χ3n) is 4.82. The van der Waals surface area contributed by atoms with Gasteiger partial charge in [-0.05, 0) is 55.8 Å². The molecule has 176 valence electrons. The highest BCUT2D eigenvalue weighted by Crippen LogP contribution is 2.44. The van der Waals surface area contributed by atoms with E-state index in [1.165, 1.54) is 33.1 Å². The predicted molar refractivity (Wildman–Crippen MR) is 124 cm³/mol. The number of rotatable bonds is 11. The van der Waals surface area contributed by atoms with Crippen LogP contribution in [0.4, 0.5) is 0 Å². The van der Waals surface area contributed by atoms with Crippen molar-refractivity contribution in [1.82, 2.24) is 14.8 Å². The maximum absolute atomic E-state index is 11.5. The molecule has 0 aliphatic heterocycles. The molecule has 1 aromatic heterocycles. The largest absolute Gasteiger partial charge is 0.494 e. The molecule has 0 fully saturated rings. The molecule has 3 aromatic rings. The lowest BCUT2D eigenvalue weighted by molar-refractivity contribution is -0.479. The Kier molecular flexibility index (Phi) is 7.99. The van der Waals surface area contributed by atoms with Crippen LogP contribution in [0.2, 0.25) is 0 Å². The van der Waals surface area contributed by atoms with Gasteiger partial charge in [-0.15, -0.1) is 10.2 Å². The first-order valence-electron chi connectivity index (χ1n) is 10.1. The summed E-state index contributed by atoms with van der Waals surface area (Å²) in [7, 11) is 4.51. The standard InChI is InChI=1S/C22H26N4O6S/c1-6-32-17-9-7-16(8-10-17)26-14(2)23-24-22(26)33-20(13-25(27)28)15-11-18(29-3)21(31-5)19(12-15)30-4/h7-12,20H,6,13H2,1-5H3/t20-/m0/s1. The summed E-state index contributed by atoms with van der Waals surface area (Å²) in [5, 5.41) is 19.9. The van der Waals surface area contributed by atoms with Crippen LogP contribution in [0, 0.1) is 17.0 Å². The van der Waals surface area contributed by atoms with Gasteiger partial charge in [0.25, 0.3) is 0 Å². The molecule has 11 heteroatoms. The van der Waals surface area contributed by atoms with Crippen molar-refractivity contribution in [3.8, 4) is 28.7 Å². The topological polar surface area (TPSA) is 111 Å². The Hall–Kier alpha value is -3.47. The van der Waals surface area contributed by atoms with Gasteiger partial charge < -0.3 is 18.9 Å². The van der Waals surface area contributed by atoms with Gasteiger partial charge in [-0.2, -0.15) is 0 Å². The van der Waals surface area contributed by atoms with Crippen molar-refractivity contribution >= 4 is 11.8 Å². The van der Waals surface area contributed by atoms with Crippen molar-refractivity contribution < 1.29 is 23.9 Å². The molecule has 0 saturated carbocycles. The predicted octanol–water partition coefficient (Wildman–Crippen LogP) is 4.11. The highest BCUT2D eigenvalue weighted by molar-refractivity contribution is 7.99. The third-order valence-corrected chi connectivity index (χ3v) is 6.00. The molecule has 2 aromatic carbocycles. The molecule has 0 unspecified atom stereocenters. The minimum atomic E-state index is -0.584. The molecule has 33 heavy (non-hydrogen) atoms. The van der Waals surface area contributed by atoms with E-state index in [1.54, 1.807) is 12.1 Å². The summed E-state index contributed by atoms with van der Waals surface area (Å²) in [4.78, 5) is 11.2. The number of aromatic nitrogens is 3. The van der Waals surface area contributed by atoms with E-state index in [2.05, 4.69) is 10.2 Å². The zero-order chi connectivity index (χ0) is 24.0. The van der Waals surface area contributed by atoms with E-state index in [-0.39, 0.29) is 11.5 Å². The van der Waals surface area contributed by atoms with Crippen LogP contribution in [0.15, 0.2) is 41.6 Å². The molecule has 0 bridgehead atoms. The number of aryl methyl sites for hydroxylation is 1. The average Bonchev–Trinajstić information content (AvgIpc) is 3.17. The van der Waals surface area contributed by atoms with Crippen LogP contribution in [0.1, 0.15) is 23.6 Å². The van der Waals surface area contributed by atoms with Crippen molar-refractivity contribution in [2.45, 2.75) is 24.3 Å². The van der Waals surface area contributed by atoms with Crippen molar-refractivity contribution in [3.63, 3.8) is 0 Å². The number of nitro groups is 1. The van der Waals surface area contributed by atoms with Gasteiger partial charge in [-0.25, -0.2) is 0 Å². The lowest BCUT2D eigenvalue weighted by Gasteiger charge is -2.18. The van der Waals surface area contributed by atoms with Gasteiger partial charge in [0.2, 0.25) is 12.3 Å². The van der Waals surface area contributed by atoms with Crippen LogP contribution < -0.4 is 18.9 Å². The molecule has 10 nitrogen and oxygen atoms in total. The third kappa shape index (κ3) is 5.48. The molecule has 0 spiro atoms. The smallest absolute Gasteiger partial charge is 0.220 e. The minimum absolute atomic E-state index is 0.335. The Morgan fingerprint density at radius 1 is 1.06 bits per heavy atom. The highest BCUT2D eigenvalue weighted by Gasteiger charge is 2.26. The fourth-order valence-corrected chi connectivity index (χ4v) is 4.49. The number of hydrogen-bond acceptors (Lipinski definition) is 9. The molecule has 0 aliphatic rings. The number of methoxy groups -OCH3 is 3. The Bertz CT molecular complexity index is 1080. The summed E-state index contributed by atoms with van der Waals surface area (Å²) in [5.41, 5.74) is 1.47. The fraction of sp³-hybridized carbons (Fsp3) is 0.364. The van der Waals surface area contributed by atoms with Crippen LogP contribution in [-0.2, 0) is 0 Å². The van der Waals surface area contributed by atoms with Crippen molar-refractivity contribution in [3.05, 3.63) is 57.9 Å². The van der Waals surface area contributed by atoms with E-state index in [1.807, 2.05) is 42.7 Å². The summed E-state index contributed by atoms with van der Waals surface area (Å²) >= 11 is 1.24. The van der Waals surface area contributed by atoms with Crippen molar-refractivity contribution in [2.75, 3.05) is 34.5 Å². The number of benzene rings is 2. The van der Waals surface area contributed by atoms with E-state index >= 15 is 0 Å². The number of ether oxygens (including phenoxy) is 4. The molecule has 0 N–H and O–H groups in total. The van der Waals surface area contributed by atoms with Gasteiger partial charge in [-0.1, -0.05) is 11.8 Å². The quantitative estimate of drug-likeness (QED) is 0.230. The van der Waals surface area contributed by atoms with Gasteiger partial charge in [0.05, 0.1) is 27.9 Å². The maximum Gasteiger partial charge on any atom is 0.220 e. The van der Waals surface area contributed by atoms with Gasteiger partial charge in [-0.3, -0.25) is 14.7 Å². The van der Waals surface area contributed by atoms with Crippen LogP contribution in [-0.4, -0.2) is 54.2 Å². The number of hydrogen-bond donors (Lipinski definition) is 0. The van der Waals surface area contributed by atoms with Gasteiger partial charge >= 0.3 is 0 Å². The van der Waals surface area contributed by atoms with Crippen LogP contribution in [0.3, 0.4) is 0 Å². The van der Waals surface area contributed by atoms with Crippen molar-refractivity contribution in [2.24, 2.45) is 0 Å². The van der Waals surface area contributed by atoms with Crippen molar-refractivity contribution in [1.29, 1.82) is 0 Å². The lowest BCUT2D eigenvalue weighted by atomic mass is 10.1. The van der Waals surface area contributed by atoms with E-state index < -0.39 is 5.25 Å². The molecule has 0 radical (unpaired) electrons. The zero-order valence-corrected chi connectivity index (χ0v) is 19.9. The molecular weight excluding hydrogens is 448 g/mol. The molecule has 1 heterocycles. The van der Waals surface area contributed by atoms with Gasteiger partial charge in [0, 0.05) is 10.6 Å². The zero-order valence-electron chi connectivity index (χ0n) is 19.1. The Balaban J connectivity index is 2.01. The van der Waals surface area contributed by atoms with E-state index in [0.29, 0.717) is 40.4 Å². The van der Waals surface area contributed by atoms with Crippen LogP contribution >= 0.6 is 11.8 Å². The molecule has 3 rings (SSSR count). The van der Waals surface area contributed by atoms with Gasteiger partial charge in [0.15, 0.2) is 16.7 Å². The fourth-order valence-electron chi connectivity index (χ4n) is 3.34. The second-order valence-corrected chi connectivity index (χ2v) is 8.04. The summed E-state index contributed by atoms with van der Waals surface area (Å²) in [6.45, 7) is 3.99. The Morgan fingerprint density at radius 3 is 2.21 bits per heavy atom. The maximum atomic E-state index is 11.5. The molecular formula is C22H26N4O6S. The summed E-state index contributed by atoms with van der Waals surface area (Å²) in [6.07, 6.45) is 0. The molecule has 0 saturated heterocycles. The molecule has 0 amide bonds. The number of thioether (sulfide) groups is 1. The lowest BCUT2D eigenvalue weighted by Crippen LogP contribution is -2.12. The minimum Gasteiger partial charge on any atom is -0.494 e. The first-order valence-corrected chi connectivity index (χ1v) is 11.0. The number of nitrogens with zero attached hydrogens (tertiary/aromatic N) is 4. The SMILES string of the molecule is CCOc1ccc(-n2c(C)nnc2S[C@@H](C[N+](=O)[O-])c2cc(OC)c(OC)c(OC)c2)cc1. The first-order chi connectivity index (χ1) is 15.9. The summed E-state index contributed by atoms with van der Waals surface area (Å²) in [5.74, 6) is 2.67. The summed E-state index contributed by atoms with van der Waals surface area (Å²) in [6, 6.07) is 10.9. The Labute approximate surface area is 196 Å².